The smallest absolute Gasteiger partial charge is 0.146 e. The molecule has 19 heavy (non-hydrogen) atoms. The molecule has 0 unspecified atom stereocenters. The minimum absolute atomic E-state index is 0.0635. The molecule has 0 aliphatic heterocycles. The second kappa shape index (κ2) is 5.28. The summed E-state index contributed by atoms with van der Waals surface area (Å²) >= 11 is 6.06. The summed E-state index contributed by atoms with van der Waals surface area (Å²) in [5, 5.41) is 7.66. The molecule has 3 N–H and O–H groups in total. The lowest BCUT2D eigenvalue weighted by Gasteiger charge is -2.11. The summed E-state index contributed by atoms with van der Waals surface area (Å²) in [6.07, 6.45) is 0. The maximum absolute atomic E-state index is 13.0. The van der Waals surface area contributed by atoms with Gasteiger partial charge in [0.2, 0.25) is 0 Å². The molecule has 2 aromatic rings. The molecular formula is C14H12ClFN2O. The van der Waals surface area contributed by atoms with Crippen LogP contribution < -0.4 is 10.5 Å². The third kappa shape index (κ3) is 3.03. The summed E-state index contributed by atoms with van der Waals surface area (Å²) in [4.78, 5) is 0. The Morgan fingerprint density at radius 2 is 1.89 bits per heavy atom. The Morgan fingerprint density at radius 1 is 1.21 bits per heavy atom. The zero-order valence-corrected chi connectivity index (χ0v) is 11.0. The van der Waals surface area contributed by atoms with Crippen LogP contribution in [0.5, 0.6) is 11.5 Å². The van der Waals surface area contributed by atoms with Crippen molar-refractivity contribution in [2.75, 3.05) is 0 Å². The lowest BCUT2D eigenvalue weighted by atomic mass is 10.2. The molecule has 0 saturated heterocycles. The largest absolute Gasteiger partial charge is 0.456 e. The number of hydrogen-bond donors (Lipinski definition) is 2. The van der Waals surface area contributed by atoms with E-state index in [1.54, 1.807) is 31.2 Å². The van der Waals surface area contributed by atoms with Crippen LogP contribution in [0, 0.1) is 18.2 Å². The Morgan fingerprint density at radius 3 is 2.47 bits per heavy atom. The fourth-order valence-corrected chi connectivity index (χ4v) is 1.82. The first kappa shape index (κ1) is 13.4. The van der Waals surface area contributed by atoms with Crippen molar-refractivity contribution in [2.45, 2.75) is 6.92 Å². The Balaban J connectivity index is 2.31. The molecule has 0 aliphatic rings. The van der Waals surface area contributed by atoms with Gasteiger partial charge >= 0.3 is 0 Å². The van der Waals surface area contributed by atoms with E-state index in [4.69, 9.17) is 27.5 Å². The van der Waals surface area contributed by atoms with E-state index >= 15 is 0 Å². The van der Waals surface area contributed by atoms with Gasteiger partial charge in [-0.05, 0) is 48.9 Å². The van der Waals surface area contributed by atoms with E-state index in [1.807, 2.05) is 0 Å². The maximum atomic E-state index is 13.0. The third-order valence-corrected chi connectivity index (χ3v) is 2.90. The Kier molecular flexibility index (Phi) is 3.71. The molecule has 0 atom stereocenters. The van der Waals surface area contributed by atoms with Crippen LogP contribution in [0.1, 0.15) is 11.1 Å². The number of ether oxygens (including phenoxy) is 1. The van der Waals surface area contributed by atoms with Crippen molar-refractivity contribution in [3.05, 3.63) is 58.4 Å². The highest BCUT2D eigenvalue weighted by Crippen LogP contribution is 2.31. The van der Waals surface area contributed by atoms with Gasteiger partial charge in [-0.2, -0.15) is 0 Å². The number of hydrogen-bond acceptors (Lipinski definition) is 2. The molecular weight excluding hydrogens is 267 g/mol. The van der Waals surface area contributed by atoms with Gasteiger partial charge in [-0.15, -0.1) is 0 Å². The van der Waals surface area contributed by atoms with E-state index in [-0.39, 0.29) is 11.7 Å². The summed E-state index contributed by atoms with van der Waals surface area (Å²) in [5.41, 5.74) is 6.56. The third-order valence-electron chi connectivity index (χ3n) is 2.60. The fraction of sp³-hybridized carbons (Fsp3) is 0.0714. The van der Waals surface area contributed by atoms with E-state index in [0.29, 0.717) is 27.6 Å². The number of benzene rings is 2. The zero-order valence-electron chi connectivity index (χ0n) is 10.2. The molecule has 0 fully saturated rings. The van der Waals surface area contributed by atoms with E-state index in [2.05, 4.69) is 0 Å². The Labute approximate surface area is 115 Å². The first-order valence-electron chi connectivity index (χ1n) is 5.55. The van der Waals surface area contributed by atoms with Gasteiger partial charge in [0.05, 0.1) is 5.02 Å². The number of nitrogens with one attached hydrogen (secondary N) is 1. The first-order valence-corrected chi connectivity index (χ1v) is 5.93. The van der Waals surface area contributed by atoms with E-state index in [0.717, 1.165) is 0 Å². The lowest BCUT2D eigenvalue weighted by Crippen LogP contribution is -2.10. The van der Waals surface area contributed by atoms with E-state index in [9.17, 15) is 4.39 Å². The van der Waals surface area contributed by atoms with Crippen LogP contribution in [0.15, 0.2) is 36.4 Å². The maximum Gasteiger partial charge on any atom is 0.146 e. The molecule has 0 aliphatic carbocycles. The van der Waals surface area contributed by atoms with Crippen molar-refractivity contribution < 1.29 is 9.13 Å². The van der Waals surface area contributed by atoms with Gasteiger partial charge in [-0.25, -0.2) is 4.39 Å². The number of nitrogens with two attached hydrogens (primary N) is 1. The average Bonchev–Trinajstić information content (AvgIpc) is 2.34. The second-order valence-corrected chi connectivity index (χ2v) is 4.48. The molecule has 0 saturated carbocycles. The van der Waals surface area contributed by atoms with E-state index < -0.39 is 0 Å². The summed E-state index contributed by atoms with van der Waals surface area (Å²) in [5.74, 6) is 0.578. The fourth-order valence-electron chi connectivity index (χ4n) is 1.60. The average molecular weight is 279 g/mol. The molecule has 0 aromatic heterocycles. The summed E-state index contributed by atoms with van der Waals surface area (Å²) in [7, 11) is 0. The molecule has 98 valence electrons. The Hall–Kier alpha value is -2.07. The van der Waals surface area contributed by atoms with Crippen molar-refractivity contribution >= 4 is 17.4 Å². The normalized spacial score (nSPS) is 10.3. The zero-order chi connectivity index (χ0) is 14.0. The molecule has 0 bridgehead atoms. The SMILES string of the molecule is Cc1cc(F)ccc1Oc1ccc(C(=N)N)cc1Cl. The topological polar surface area (TPSA) is 59.1 Å². The number of rotatable bonds is 3. The standard InChI is InChI=1S/C14H12ClFN2O/c1-8-6-10(16)3-5-12(8)19-13-4-2-9(14(17)18)7-11(13)15/h2-7H,1H3,(H3,17,18). The van der Waals surface area contributed by atoms with Crippen LogP contribution in [-0.2, 0) is 0 Å². The van der Waals surface area contributed by atoms with Crippen molar-refractivity contribution in [2.24, 2.45) is 5.73 Å². The number of nitrogen functional groups attached to an aromatic ring is 1. The minimum atomic E-state index is -0.317. The second-order valence-electron chi connectivity index (χ2n) is 4.07. The minimum Gasteiger partial charge on any atom is -0.456 e. The van der Waals surface area contributed by atoms with Crippen molar-refractivity contribution in [1.82, 2.24) is 0 Å². The monoisotopic (exact) mass is 278 g/mol. The summed E-state index contributed by atoms with van der Waals surface area (Å²) in [6, 6.07) is 9.07. The molecule has 0 heterocycles. The van der Waals surface area contributed by atoms with Gasteiger partial charge in [0.25, 0.3) is 0 Å². The first-order chi connectivity index (χ1) is 8.97. The van der Waals surface area contributed by atoms with Crippen molar-refractivity contribution in [3.63, 3.8) is 0 Å². The van der Waals surface area contributed by atoms with Crippen LogP contribution in [0.4, 0.5) is 4.39 Å². The molecule has 3 nitrogen and oxygen atoms in total. The van der Waals surface area contributed by atoms with Crippen molar-refractivity contribution in [3.8, 4) is 11.5 Å². The van der Waals surface area contributed by atoms with Crippen LogP contribution in [-0.4, -0.2) is 5.84 Å². The molecule has 5 heteroatoms. The molecule has 0 spiro atoms. The summed E-state index contributed by atoms with van der Waals surface area (Å²) in [6.45, 7) is 1.75. The Bertz CT molecular complexity index is 643. The predicted molar refractivity (Wildman–Crippen MR) is 73.7 cm³/mol. The number of halogens is 2. The van der Waals surface area contributed by atoms with Crippen LogP contribution >= 0.6 is 11.6 Å². The molecule has 2 rings (SSSR count). The molecule has 0 amide bonds. The van der Waals surface area contributed by atoms with Crippen LogP contribution in [0.3, 0.4) is 0 Å². The molecule has 0 radical (unpaired) electrons. The lowest BCUT2D eigenvalue weighted by molar-refractivity contribution is 0.477. The van der Waals surface area contributed by atoms with Gasteiger partial charge in [-0.1, -0.05) is 11.6 Å². The highest BCUT2D eigenvalue weighted by atomic mass is 35.5. The summed E-state index contributed by atoms with van der Waals surface area (Å²) < 4.78 is 18.6. The highest BCUT2D eigenvalue weighted by Gasteiger charge is 2.08. The number of amidine groups is 1. The molecule has 2 aromatic carbocycles. The van der Waals surface area contributed by atoms with Gasteiger partial charge in [0, 0.05) is 5.56 Å². The van der Waals surface area contributed by atoms with Crippen molar-refractivity contribution in [1.29, 1.82) is 5.41 Å². The van der Waals surface area contributed by atoms with Gasteiger partial charge in [0.15, 0.2) is 0 Å². The highest BCUT2D eigenvalue weighted by molar-refractivity contribution is 6.32. The van der Waals surface area contributed by atoms with Crippen LogP contribution in [0.2, 0.25) is 5.02 Å². The van der Waals surface area contributed by atoms with E-state index in [1.165, 1.54) is 12.1 Å². The quantitative estimate of drug-likeness (QED) is 0.661. The number of aryl methyl sites for hydroxylation is 1. The van der Waals surface area contributed by atoms with Gasteiger partial charge in [-0.3, -0.25) is 5.41 Å². The van der Waals surface area contributed by atoms with Gasteiger partial charge in [0.1, 0.15) is 23.2 Å². The van der Waals surface area contributed by atoms with Gasteiger partial charge < -0.3 is 10.5 Å². The van der Waals surface area contributed by atoms with Crippen LogP contribution in [0.25, 0.3) is 0 Å². The predicted octanol–water partition coefficient (Wildman–Crippen LogP) is 3.86.